The molecule has 9 heteroatoms. The highest BCUT2D eigenvalue weighted by atomic mass is 19.4. The van der Waals surface area contributed by atoms with Crippen molar-refractivity contribution in [2.45, 2.75) is 44.2 Å². The number of aromatic nitrogens is 2. The largest absolute Gasteiger partial charge is 0.419 e. The summed E-state index contributed by atoms with van der Waals surface area (Å²) in [6.45, 7) is 1.87. The number of benzene rings is 1. The molecule has 1 atom stereocenters. The summed E-state index contributed by atoms with van der Waals surface area (Å²) >= 11 is 0. The van der Waals surface area contributed by atoms with Crippen LogP contribution in [-0.4, -0.2) is 29.0 Å². The number of nitrogens with one attached hydrogen (secondary N) is 1. The molecule has 1 fully saturated rings. The Labute approximate surface area is 200 Å². The molecule has 3 heterocycles. The van der Waals surface area contributed by atoms with Crippen molar-refractivity contribution in [3.05, 3.63) is 71.3 Å². The summed E-state index contributed by atoms with van der Waals surface area (Å²) < 4.78 is 53.4. The summed E-state index contributed by atoms with van der Waals surface area (Å²) in [5.74, 6) is -1.27. The van der Waals surface area contributed by atoms with Crippen molar-refractivity contribution in [1.82, 2.24) is 9.97 Å². The molecule has 5 nitrogen and oxygen atoms in total. The van der Waals surface area contributed by atoms with E-state index in [1.807, 2.05) is 6.07 Å². The van der Waals surface area contributed by atoms with Crippen LogP contribution < -0.4 is 10.2 Å². The Morgan fingerprint density at radius 3 is 2.60 bits per heavy atom. The Hall–Kier alpha value is -3.49. The van der Waals surface area contributed by atoms with Crippen molar-refractivity contribution in [2.75, 3.05) is 23.3 Å². The summed E-state index contributed by atoms with van der Waals surface area (Å²) in [5, 5.41) is 2.97. The van der Waals surface area contributed by atoms with E-state index in [-0.39, 0.29) is 17.2 Å². The van der Waals surface area contributed by atoms with E-state index in [0.29, 0.717) is 17.8 Å². The van der Waals surface area contributed by atoms with E-state index in [0.717, 1.165) is 62.3 Å². The third-order valence-electron chi connectivity index (χ3n) is 6.61. The molecule has 1 unspecified atom stereocenters. The van der Waals surface area contributed by atoms with E-state index >= 15 is 0 Å². The zero-order valence-corrected chi connectivity index (χ0v) is 18.9. The van der Waals surface area contributed by atoms with Gasteiger partial charge in [0.2, 0.25) is 5.91 Å². The molecule has 0 bridgehead atoms. The summed E-state index contributed by atoms with van der Waals surface area (Å²) in [7, 11) is 0. The average Bonchev–Trinajstić information content (AvgIpc) is 3.38. The molecule has 2 aromatic heterocycles. The van der Waals surface area contributed by atoms with Crippen LogP contribution in [0.5, 0.6) is 0 Å². The lowest BCUT2D eigenvalue weighted by molar-refractivity contribution is -0.140. The standard InChI is InChI=1S/C26H24F4N4O/c27-21-8-6-17(14-20(21)26(28,29)30)22-9-7-16-4-3-5-19(24(16)33-22)25(35)32-18-10-11-31-23(15-18)34-12-1-2-13-34/h6-11,14-15,19H,1-5,12-13H2,(H,31,32,35). The molecule has 35 heavy (non-hydrogen) atoms. The van der Waals surface area contributed by atoms with Crippen LogP contribution in [0, 0.1) is 5.82 Å². The van der Waals surface area contributed by atoms with Gasteiger partial charge in [-0.2, -0.15) is 13.2 Å². The maximum Gasteiger partial charge on any atom is 0.419 e. The van der Waals surface area contributed by atoms with E-state index in [9.17, 15) is 22.4 Å². The number of halogens is 4. The number of anilines is 2. The number of carbonyl (C=O) groups excluding carboxylic acids is 1. The minimum Gasteiger partial charge on any atom is -0.357 e. The predicted octanol–water partition coefficient (Wildman–Crippen LogP) is 5.96. The molecule has 5 rings (SSSR count). The molecule has 1 aromatic carbocycles. The number of rotatable bonds is 4. The fraction of sp³-hybridized carbons (Fsp3) is 0.346. The summed E-state index contributed by atoms with van der Waals surface area (Å²) in [5.41, 5.74) is 1.17. The van der Waals surface area contributed by atoms with Crippen molar-refractivity contribution in [3.8, 4) is 11.3 Å². The number of carbonyl (C=O) groups is 1. The van der Waals surface area contributed by atoms with Gasteiger partial charge in [0.05, 0.1) is 22.9 Å². The molecule has 0 saturated carbocycles. The highest BCUT2D eigenvalue weighted by Gasteiger charge is 2.35. The quantitative estimate of drug-likeness (QED) is 0.465. The highest BCUT2D eigenvalue weighted by molar-refractivity contribution is 5.96. The maximum absolute atomic E-state index is 13.8. The van der Waals surface area contributed by atoms with Gasteiger partial charge in [-0.05, 0) is 68.0 Å². The summed E-state index contributed by atoms with van der Waals surface area (Å²) in [4.78, 5) is 24.4. The number of aryl methyl sites for hydroxylation is 1. The molecule has 0 radical (unpaired) electrons. The first-order chi connectivity index (χ1) is 16.8. The molecule has 1 N–H and O–H groups in total. The van der Waals surface area contributed by atoms with Crippen molar-refractivity contribution >= 4 is 17.4 Å². The van der Waals surface area contributed by atoms with Gasteiger partial charge in [0.25, 0.3) is 0 Å². The Kier molecular flexibility index (Phi) is 6.17. The number of pyridine rings is 2. The number of hydrogen-bond acceptors (Lipinski definition) is 4. The van der Waals surface area contributed by atoms with Crippen molar-refractivity contribution in [2.24, 2.45) is 0 Å². The normalized spacial score (nSPS) is 17.8. The van der Waals surface area contributed by atoms with Crippen LogP contribution in [0.25, 0.3) is 11.3 Å². The Bertz CT molecular complexity index is 1250. The molecule has 1 aliphatic heterocycles. The Morgan fingerprint density at radius 1 is 1.03 bits per heavy atom. The van der Waals surface area contributed by atoms with Crippen molar-refractivity contribution < 1.29 is 22.4 Å². The summed E-state index contributed by atoms with van der Waals surface area (Å²) in [6.07, 6.45) is 1.20. The van der Waals surface area contributed by atoms with Gasteiger partial charge in [0.1, 0.15) is 11.6 Å². The van der Waals surface area contributed by atoms with E-state index < -0.39 is 23.5 Å². The first kappa shape index (κ1) is 23.3. The van der Waals surface area contributed by atoms with Crippen LogP contribution in [0.3, 0.4) is 0 Å². The van der Waals surface area contributed by atoms with Gasteiger partial charge in [-0.3, -0.25) is 9.78 Å². The highest BCUT2D eigenvalue weighted by Crippen LogP contribution is 2.36. The smallest absolute Gasteiger partial charge is 0.357 e. The molecule has 182 valence electrons. The third-order valence-corrected chi connectivity index (χ3v) is 6.61. The van der Waals surface area contributed by atoms with E-state index in [4.69, 9.17) is 0 Å². The topological polar surface area (TPSA) is 58.1 Å². The van der Waals surface area contributed by atoms with Gasteiger partial charge in [-0.1, -0.05) is 6.07 Å². The van der Waals surface area contributed by atoms with Gasteiger partial charge in [0, 0.05) is 36.6 Å². The molecule has 1 aliphatic carbocycles. The fourth-order valence-electron chi connectivity index (χ4n) is 4.81. The number of nitrogens with zero attached hydrogens (tertiary/aromatic N) is 3. The molecular weight excluding hydrogens is 460 g/mol. The van der Waals surface area contributed by atoms with Crippen molar-refractivity contribution in [3.63, 3.8) is 0 Å². The number of amides is 1. The second-order valence-electron chi connectivity index (χ2n) is 8.96. The lowest BCUT2D eigenvalue weighted by Gasteiger charge is -2.25. The van der Waals surface area contributed by atoms with Gasteiger partial charge < -0.3 is 10.2 Å². The molecular formula is C26H24F4N4O. The first-order valence-corrected chi connectivity index (χ1v) is 11.7. The van der Waals surface area contributed by atoms with Crippen LogP contribution in [-0.2, 0) is 17.4 Å². The number of fused-ring (bicyclic) bond motifs is 1. The van der Waals surface area contributed by atoms with Crippen LogP contribution in [0.1, 0.15) is 48.4 Å². The van der Waals surface area contributed by atoms with E-state index in [1.165, 1.54) is 6.07 Å². The molecule has 2 aliphatic rings. The van der Waals surface area contributed by atoms with Crippen LogP contribution in [0.15, 0.2) is 48.7 Å². The second kappa shape index (κ2) is 9.28. The molecule has 1 amide bonds. The van der Waals surface area contributed by atoms with Gasteiger partial charge in [0.15, 0.2) is 0 Å². The number of hydrogen-bond donors (Lipinski definition) is 1. The van der Waals surface area contributed by atoms with Crippen molar-refractivity contribution in [1.29, 1.82) is 0 Å². The minimum atomic E-state index is -4.81. The second-order valence-corrected chi connectivity index (χ2v) is 8.96. The van der Waals surface area contributed by atoms with Gasteiger partial charge >= 0.3 is 6.18 Å². The Morgan fingerprint density at radius 2 is 1.83 bits per heavy atom. The lowest BCUT2D eigenvalue weighted by atomic mass is 9.85. The van der Waals surface area contributed by atoms with Crippen LogP contribution in [0.4, 0.5) is 29.1 Å². The van der Waals surface area contributed by atoms with Crippen LogP contribution in [0.2, 0.25) is 0 Å². The first-order valence-electron chi connectivity index (χ1n) is 11.7. The Balaban J connectivity index is 1.42. The average molecular weight is 484 g/mol. The third kappa shape index (κ3) is 4.85. The van der Waals surface area contributed by atoms with E-state index in [1.54, 1.807) is 24.4 Å². The fourth-order valence-corrected chi connectivity index (χ4v) is 4.81. The lowest BCUT2D eigenvalue weighted by Crippen LogP contribution is -2.26. The minimum absolute atomic E-state index is 0.149. The SMILES string of the molecule is O=C(Nc1ccnc(N2CCCC2)c1)C1CCCc2ccc(-c3ccc(F)c(C(F)(F)F)c3)nc21. The van der Waals surface area contributed by atoms with Crippen LogP contribution >= 0.6 is 0 Å². The number of alkyl halides is 3. The molecule has 3 aromatic rings. The zero-order valence-electron chi connectivity index (χ0n) is 18.9. The van der Waals surface area contributed by atoms with E-state index in [2.05, 4.69) is 20.2 Å². The predicted molar refractivity (Wildman–Crippen MR) is 125 cm³/mol. The molecule has 0 spiro atoms. The zero-order chi connectivity index (χ0) is 24.6. The maximum atomic E-state index is 13.8. The van der Waals surface area contributed by atoms with Gasteiger partial charge in [-0.15, -0.1) is 0 Å². The summed E-state index contributed by atoms with van der Waals surface area (Å²) in [6, 6.07) is 9.84. The monoisotopic (exact) mass is 484 g/mol. The van der Waals surface area contributed by atoms with Gasteiger partial charge in [-0.25, -0.2) is 9.37 Å². The molecule has 1 saturated heterocycles.